The van der Waals surface area contributed by atoms with Gasteiger partial charge in [-0.1, -0.05) is 12.1 Å². The van der Waals surface area contributed by atoms with E-state index in [0.29, 0.717) is 12.3 Å². The molecule has 2 unspecified atom stereocenters. The number of amidine groups is 1. The number of nitrogens with two attached hydrogens (primary N) is 1. The molecule has 1 aliphatic heterocycles. The van der Waals surface area contributed by atoms with Gasteiger partial charge in [-0.25, -0.2) is 0 Å². The van der Waals surface area contributed by atoms with Crippen LogP contribution in [0.3, 0.4) is 0 Å². The third-order valence-electron chi connectivity index (χ3n) is 1.98. The summed E-state index contributed by atoms with van der Waals surface area (Å²) in [6, 6.07) is -0.300. The molecule has 0 radical (unpaired) electrons. The van der Waals surface area contributed by atoms with Crippen molar-refractivity contribution in [2.45, 2.75) is 25.8 Å². The highest BCUT2D eigenvalue weighted by molar-refractivity contribution is 5.90. The molecule has 0 aromatic carbocycles. The van der Waals surface area contributed by atoms with E-state index in [4.69, 9.17) is 10.9 Å². The van der Waals surface area contributed by atoms with Gasteiger partial charge in [-0.15, -0.1) is 0 Å². The van der Waals surface area contributed by atoms with Gasteiger partial charge < -0.3 is 16.3 Å². The van der Waals surface area contributed by atoms with Crippen molar-refractivity contribution in [3.05, 3.63) is 0 Å². The minimum Gasteiger partial charge on any atom is -0.409 e. The fourth-order valence-corrected chi connectivity index (χ4v) is 1.38. The zero-order chi connectivity index (χ0) is 9.14. The Labute approximate surface area is 70.6 Å². The molecule has 0 aromatic heterocycles. The summed E-state index contributed by atoms with van der Waals surface area (Å²) in [6.07, 6.45) is 1.26. The number of hydrogen-bond donors (Lipinski definition) is 3. The van der Waals surface area contributed by atoms with Crippen LogP contribution in [0, 0.1) is 5.92 Å². The minimum atomic E-state index is -0.300. The number of carbonyl (C=O) groups excluding carboxylic acids is 1. The van der Waals surface area contributed by atoms with Crippen molar-refractivity contribution in [3.63, 3.8) is 0 Å². The van der Waals surface area contributed by atoms with Crippen LogP contribution in [0.1, 0.15) is 19.8 Å². The molecule has 68 valence electrons. The molecule has 0 saturated carbocycles. The standard InChI is InChI=1S/C7H13N3O2/c1-4-2-5(7(8)10-12)9-6(11)3-4/h4-5,12H,2-3H2,1H3,(H2,8,10)(H,9,11). The summed E-state index contributed by atoms with van der Waals surface area (Å²) in [4.78, 5) is 11.0. The second kappa shape index (κ2) is 3.42. The van der Waals surface area contributed by atoms with Crippen LogP contribution in [-0.4, -0.2) is 23.0 Å². The molecule has 1 fully saturated rings. The summed E-state index contributed by atoms with van der Waals surface area (Å²) < 4.78 is 0. The molecule has 1 rings (SSSR count). The Bertz CT molecular complexity index is 215. The highest BCUT2D eigenvalue weighted by Crippen LogP contribution is 2.15. The molecular weight excluding hydrogens is 158 g/mol. The average Bonchev–Trinajstić information content (AvgIpc) is 2.01. The van der Waals surface area contributed by atoms with E-state index in [-0.39, 0.29) is 17.8 Å². The van der Waals surface area contributed by atoms with Gasteiger partial charge in [-0.05, 0) is 12.3 Å². The summed E-state index contributed by atoms with van der Waals surface area (Å²) in [7, 11) is 0. The summed E-state index contributed by atoms with van der Waals surface area (Å²) in [5.41, 5.74) is 5.36. The second-order valence-corrected chi connectivity index (χ2v) is 3.19. The smallest absolute Gasteiger partial charge is 0.220 e. The van der Waals surface area contributed by atoms with Gasteiger partial charge in [-0.2, -0.15) is 0 Å². The average molecular weight is 171 g/mol. The predicted octanol–water partition coefficient (Wildman–Crippen LogP) is -0.352. The van der Waals surface area contributed by atoms with Gasteiger partial charge >= 0.3 is 0 Å². The minimum absolute atomic E-state index is 0.0367. The highest BCUT2D eigenvalue weighted by atomic mass is 16.4. The number of piperidine rings is 1. The predicted molar refractivity (Wildman–Crippen MR) is 43.7 cm³/mol. The molecule has 1 heterocycles. The number of amides is 1. The van der Waals surface area contributed by atoms with Crippen molar-refractivity contribution in [2.24, 2.45) is 16.8 Å². The van der Waals surface area contributed by atoms with E-state index >= 15 is 0 Å². The van der Waals surface area contributed by atoms with Crippen LogP contribution in [0.2, 0.25) is 0 Å². The van der Waals surface area contributed by atoms with Crippen molar-refractivity contribution in [1.29, 1.82) is 0 Å². The maximum absolute atomic E-state index is 11.0. The van der Waals surface area contributed by atoms with Crippen molar-refractivity contribution < 1.29 is 10.0 Å². The number of nitrogens with one attached hydrogen (secondary N) is 1. The van der Waals surface area contributed by atoms with E-state index in [0.717, 1.165) is 6.42 Å². The molecule has 0 bridgehead atoms. The fourth-order valence-electron chi connectivity index (χ4n) is 1.38. The first kappa shape index (κ1) is 8.83. The van der Waals surface area contributed by atoms with Crippen LogP contribution >= 0.6 is 0 Å². The number of oxime groups is 1. The second-order valence-electron chi connectivity index (χ2n) is 3.19. The van der Waals surface area contributed by atoms with Crippen LogP contribution in [0.4, 0.5) is 0 Å². The summed E-state index contributed by atoms with van der Waals surface area (Å²) >= 11 is 0. The molecule has 0 aliphatic carbocycles. The topological polar surface area (TPSA) is 87.7 Å². The van der Waals surface area contributed by atoms with E-state index in [1.165, 1.54) is 0 Å². The third-order valence-corrected chi connectivity index (χ3v) is 1.98. The third kappa shape index (κ3) is 1.87. The largest absolute Gasteiger partial charge is 0.409 e. The van der Waals surface area contributed by atoms with E-state index in [9.17, 15) is 4.79 Å². The maximum atomic E-state index is 11.0. The lowest BCUT2D eigenvalue weighted by Gasteiger charge is -2.26. The van der Waals surface area contributed by atoms with Crippen molar-refractivity contribution in [1.82, 2.24) is 5.32 Å². The summed E-state index contributed by atoms with van der Waals surface area (Å²) in [6.45, 7) is 1.97. The van der Waals surface area contributed by atoms with Crippen LogP contribution < -0.4 is 11.1 Å². The lowest BCUT2D eigenvalue weighted by atomic mass is 9.93. The van der Waals surface area contributed by atoms with Crippen molar-refractivity contribution in [3.8, 4) is 0 Å². The van der Waals surface area contributed by atoms with Gasteiger partial charge in [0.25, 0.3) is 0 Å². The molecule has 1 aliphatic rings. The summed E-state index contributed by atoms with van der Waals surface area (Å²) in [5.74, 6) is 0.337. The molecular formula is C7H13N3O2. The lowest BCUT2D eigenvalue weighted by molar-refractivity contribution is -0.123. The zero-order valence-electron chi connectivity index (χ0n) is 6.95. The Morgan fingerprint density at radius 1 is 1.83 bits per heavy atom. The number of carbonyl (C=O) groups is 1. The first-order valence-corrected chi connectivity index (χ1v) is 3.90. The van der Waals surface area contributed by atoms with E-state index in [1.54, 1.807) is 0 Å². The Kier molecular flexibility index (Phi) is 2.52. The first-order chi connectivity index (χ1) is 5.63. The van der Waals surface area contributed by atoms with Crippen LogP contribution in [0.5, 0.6) is 0 Å². The van der Waals surface area contributed by atoms with E-state index < -0.39 is 0 Å². The quantitative estimate of drug-likeness (QED) is 0.218. The SMILES string of the molecule is CC1CC(=O)NC(/C(N)=N/O)C1. The van der Waals surface area contributed by atoms with Crippen LogP contribution in [-0.2, 0) is 4.79 Å². The van der Waals surface area contributed by atoms with Crippen LogP contribution in [0.25, 0.3) is 0 Å². The first-order valence-electron chi connectivity index (χ1n) is 3.90. The molecule has 12 heavy (non-hydrogen) atoms. The number of rotatable bonds is 1. The van der Waals surface area contributed by atoms with Gasteiger partial charge in [0.1, 0.15) is 0 Å². The van der Waals surface area contributed by atoms with Gasteiger partial charge in [-0.3, -0.25) is 4.79 Å². The zero-order valence-corrected chi connectivity index (χ0v) is 6.95. The Morgan fingerprint density at radius 3 is 3.00 bits per heavy atom. The molecule has 0 spiro atoms. The highest BCUT2D eigenvalue weighted by Gasteiger charge is 2.26. The molecule has 5 nitrogen and oxygen atoms in total. The molecule has 5 heteroatoms. The molecule has 0 aromatic rings. The number of hydrogen-bond acceptors (Lipinski definition) is 3. The van der Waals surface area contributed by atoms with Gasteiger partial charge in [0, 0.05) is 6.42 Å². The van der Waals surface area contributed by atoms with Crippen LogP contribution in [0.15, 0.2) is 5.16 Å². The molecule has 1 saturated heterocycles. The lowest BCUT2D eigenvalue weighted by Crippen LogP contribution is -2.49. The van der Waals surface area contributed by atoms with E-state index in [1.807, 2.05) is 6.92 Å². The van der Waals surface area contributed by atoms with Crippen molar-refractivity contribution in [2.75, 3.05) is 0 Å². The van der Waals surface area contributed by atoms with Gasteiger partial charge in [0.15, 0.2) is 5.84 Å². The van der Waals surface area contributed by atoms with Gasteiger partial charge in [0.2, 0.25) is 5.91 Å². The van der Waals surface area contributed by atoms with E-state index in [2.05, 4.69) is 10.5 Å². The normalized spacial score (nSPS) is 31.4. The summed E-state index contributed by atoms with van der Waals surface area (Å²) in [5, 5.41) is 13.9. The van der Waals surface area contributed by atoms with Crippen molar-refractivity contribution >= 4 is 11.7 Å². The van der Waals surface area contributed by atoms with Gasteiger partial charge in [0.05, 0.1) is 6.04 Å². The molecule has 4 N–H and O–H groups in total. The Morgan fingerprint density at radius 2 is 2.50 bits per heavy atom. The molecule has 1 amide bonds. The fraction of sp³-hybridized carbons (Fsp3) is 0.714. The number of nitrogens with zero attached hydrogens (tertiary/aromatic N) is 1. The Balaban J connectivity index is 2.61. The Hall–Kier alpha value is -1.26. The molecule has 2 atom stereocenters. The maximum Gasteiger partial charge on any atom is 0.220 e. The monoisotopic (exact) mass is 171 g/mol.